The molecule has 2 aromatic rings. The molecule has 1 fully saturated rings. The molecule has 0 aliphatic heterocycles. The van der Waals surface area contributed by atoms with Gasteiger partial charge in [-0.15, -0.1) is 0 Å². The molecule has 3 rings (SSSR count). The first-order valence-electron chi connectivity index (χ1n) is 8.35. The van der Waals surface area contributed by atoms with Gasteiger partial charge in [-0.2, -0.15) is 0 Å². The summed E-state index contributed by atoms with van der Waals surface area (Å²) in [4.78, 5) is 18.5. The largest absolute Gasteiger partial charge is 0.331 e. The molecule has 1 heterocycles. The number of amides is 2. The van der Waals surface area contributed by atoms with Crippen LogP contribution in [0.3, 0.4) is 0 Å². The van der Waals surface area contributed by atoms with Crippen molar-refractivity contribution < 1.29 is 9.18 Å². The maximum atomic E-state index is 14.0. The van der Waals surface area contributed by atoms with Gasteiger partial charge in [0.25, 0.3) is 0 Å². The third-order valence-electron chi connectivity index (χ3n) is 4.62. The van der Waals surface area contributed by atoms with Crippen molar-refractivity contribution in [3.8, 4) is 0 Å². The van der Waals surface area contributed by atoms with Crippen LogP contribution in [0.1, 0.15) is 43.4 Å². The van der Waals surface area contributed by atoms with Gasteiger partial charge < -0.3 is 10.2 Å². The fourth-order valence-electron chi connectivity index (χ4n) is 2.88. The molecule has 0 spiro atoms. The normalized spacial score (nSPS) is 15.4. The Morgan fingerprint density at radius 3 is 2.62 bits per heavy atom. The number of benzene rings is 1. The summed E-state index contributed by atoms with van der Waals surface area (Å²) in [5, 5.41) is 3.02. The van der Waals surface area contributed by atoms with E-state index in [4.69, 9.17) is 0 Å². The Kier molecular flexibility index (Phi) is 5.08. The van der Waals surface area contributed by atoms with Gasteiger partial charge in [0.05, 0.1) is 12.6 Å². The topological polar surface area (TPSA) is 45.2 Å². The van der Waals surface area contributed by atoms with Crippen LogP contribution in [0.15, 0.2) is 48.8 Å². The predicted molar refractivity (Wildman–Crippen MR) is 90.8 cm³/mol. The molecule has 1 saturated carbocycles. The summed E-state index contributed by atoms with van der Waals surface area (Å²) in [6, 6.07) is 10.3. The molecule has 0 bridgehead atoms. The molecule has 1 N–H and O–H groups in total. The van der Waals surface area contributed by atoms with Gasteiger partial charge in [0.15, 0.2) is 0 Å². The van der Waals surface area contributed by atoms with Crippen molar-refractivity contribution in [1.82, 2.24) is 15.2 Å². The highest BCUT2D eigenvalue weighted by atomic mass is 19.1. The zero-order valence-corrected chi connectivity index (χ0v) is 13.8. The lowest BCUT2D eigenvalue weighted by Gasteiger charge is -2.38. The fourth-order valence-corrected chi connectivity index (χ4v) is 2.88. The Balaban J connectivity index is 1.71. The average molecular weight is 327 g/mol. The zero-order valence-electron chi connectivity index (χ0n) is 13.8. The smallest absolute Gasteiger partial charge is 0.318 e. The molecular weight excluding hydrogens is 305 g/mol. The number of urea groups is 1. The second kappa shape index (κ2) is 7.43. The van der Waals surface area contributed by atoms with E-state index < -0.39 is 0 Å². The van der Waals surface area contributed by atoms with E-state index in [-0.39, 0.29) is 23.9 Å². The molecule has 1 atom stereocenters. The summed E-state index contributed by atoms with van der Waals surface area (Å²) in [7, 11) is 0. The van der Waals surface area contributed by atoms with E-state index >= 15 is 0 Å². The lowest BCUT2D eigenvalue weighted by Crippen LogP contribution is -2.49. The van der Waals surface area contributed by atoms with Crippen molar-refractivity contribution in [1.29, 1.82) is 0 Å². The SMILES string of the molecule is C[C@@H](NC(=O)N(Cc1ccccc1F)C1CCC1)c1ccncc1. The summed E-state index contributed by atoms with van der Waals surface area (Å²) in [5.74, 6) is -0.267. The van der Waals surface area contributed by atoms with Crippen molar-refractivity contribution >= 4 is 6.03 Å². The van der Waals surface area contributed by atoms with Crippen LogP contribution in [0.25, 0.3) is 0 Å². The van der Waals surface area contributed by atoms with Crippen LogP contribution < -0.4 is 5.32 Å². The zero-order chi connectivity index (χ0) is 16.9. The summed E-state index contributed by atoms with van der Waals surface area (Å²) >= 11 is 0. The van der Waals surface area contributed by atoms with Gasteiger partial charge >= 0.3 is 6.03 Å². The molecule has 0 unspecified atom stereocenters. The van der Waals surface area contributed by atoms with Gasteiger partial charge in [-0.1, -0.05) is 18.2 Å². The van der Waals surface area contributed by atoms with Crippen LogP contribution in [0.4, 0.5) is 9.18 Å². The first-order valence-corrected chi connectivity index (χ1v) is 8.35. The summed E-state index contributed by atoms with van der Waals surface area (Å²) < 4.78 is 14.0. The molecule has 2 amide bonds. The fraction of sp³-hybridized carbons (Fsp3) is 0.368. The maximum Gasteiger partial charge on any atom is 0.318 e. The molecule has 24 heavy (non-hydrogen) atoms. The van der Waals surface area contributed by atoms with Crippen molar-refractivity contribution in [2.24, 2.45) is 0 Å². The van der Waals surface area contributed by atoms with Gasteiger partial charge in [0.2, 0.25) is 0 Å². The number of carbonyl (C=O) groups excluding carboxylic acids is 1. The number of rotatable bonds is 5. The summed E-state index contributed by atoms with van der Waals surface area (Å²) in [6.07, 6.45) is 6.49. The molecule has 1 aromatic heterocycles. The minimum Gasteiger partial charge on any atom is -0.331 e. The van der Waals surface area contributed by atoms with Gasteiger partial charge in [0.1, 0.15) is 5.82 Å². The summed E-state index contributed by atoms with van der Waals surface area (Å²) in [5.41, 5.74) is 1.55. The van der Waals surface area contributed by atoms with Crippen molar-refractivity contribution in [2.75, 3.05) is 0 Å². The third-order valence-corrected chi connectivity index (χ3v) is 4.62. The second-order valence-electron chi connectivity index (χ2n) is 6.26. The molecule has 1 aliphatic rings. The molecule has 5 heteroatoms. The third kappa shape index (κ3) is 3.72. The van der Waals surface area contributed by atoms with Crippen molar-refractivity contribution in [2.45, 2.75) is 44.8 Å². The van der Waals surface area contributed by atoms with E-state index in [0.717, 1.165) is 24.8 Å². The molecule has 4 nitrogen and oxygen atoms in total. The van der Waals surface area contributed by atoms with Crippen molar-refractivity contribution in [3.05, 3.63) is 65.7 Å². The number of aromatic nitrogens is 1. The van der Waals surface area contributed by atoms with Crippen molar-refractivity contribution in [3.63, 3.8) is 0 Å². The standard InChI is InChI=1S/C19H22FN3O/c1-14(15-9-11-21-12-10-15)22-19(24)23(17-6-4-7-17)13-16-5-2-3-8-18(16)20/h2-3,5,8-12,14,17H,4,6-7,13H2,1H3,(H,22,24)/t14-/m1/s1. The van der Waals surface area contributed by atoms with E-state index in [9.17, 15) is 9.18 Å². The maximum absolute atomic E-state index is 14.0. The quantitative estimate of drug-likeness (QED) is 0.900. The van der Waals surface area contributed by atoms with Crippen LogP contribution >= 0.6 is 0 Å². The second-order valence-corrected chi connectivity index (χ2v) is 6.26. The highest BCUT2D eigenvalue weighted by Gasteiger charge is 2.30. The highest BCUT2D eigenvalue weighted by Crippen LogP contribution is 2.27. The lowest BCUT2D eigenvalue weighted by atomic mass is 9.91. The van der Waals surface area contributed by atoms with Crippen LogP contribution in [0, 0.1) is 5.82 Å². The Morgan fingerprint density at radius 1 is 1.29 bits per heavy atom. The van der Waals surface area contributed by atoms with Gasteiger partial charge in [-0.3, -0.25) is 4.98 Å². The van der Waals surface area contributed by atoms with Gasteiger partial charge in [-0.25, -0.2) is 9.18 Å². The number of halogens is 1. The lowest BCUT2D eigenvalue weighted by molar-refractivity contribution is 0.130. The average Bonchev–Trinajstić information content (AvgIpc) is 2.55. The van der Waals surface area contributed by atoms with E-state index in [2.05, 4.69) is 10.3 Å². The van der Waals surface area contributed by atoms with Crippen LogP contribution in [0.2, 0.25) is 0 Å². The summed E-state index contributed by atoms with van der Waals surface area (Å²) in [6.45, 7) is 2.24. The van der Waals surface area contributed by atoms with Crippen LogP contribution in [-0.2, 0) is 6.54 Å². The van der Waals surface area contributed by atoms with Gasteiger partial charge in [0, 0.05) is 24.0 Å². The predicted octanol–water partition coefficient (Wildman–Crippen LogP) is 4.05. The number of hydrogen-bond acceptors (Lipinski definition) is 2. The Labute approximate surface area is 141 Å². The molecular formula is C19H22FN3O. The number of carbonyl (C=O) groups is 1. The molecule has 0 radical (unpaired) electrons. The van der Waals surface area contributed by atoms with E-state index in [1.54, 1.807) is 35.5 Å². The Morgan fingerprint density at radius 2 is 2.00 bits per heavy atom. The molecule has 1 aliphatic carbocycles. The Hall–Kier alpha value is -2.43. The number of nitrogens with zero attached hydrogens (tertiary/aromatic N) is 2. The number of pyridine rings is 1. The highest BCUT2D eigenvalue weighted by molar-refractivity contribution is 5.75. The number of nitrogens with one attached hydrogen (secondary N) is 1. The first-order chi connectivity index (χ1) is 11.6. The van der Waals surface area contributed by atoms with E-state index in [1.165, 1.54) is 6.07 Å². The minimum absolute atomic E-state index is 0.122. The van der Waals surface area contributed by atoms with E-state index in [0.29, 0.717) is 12.1 Å². The first kappa shape index (κ1) is 16.4. The number of hydrogen-bond donors (Lipinski definition) is 1. The van der Waals surface area contributed by atoms with E-state index in [1.807, 2.05) is 19.1 Å². The molecule has 0 saturated heterocycles. The van der Waals surface area contributed by atoms with Crippen LogP contribution in [0.5, 0.6) is 0 Å². The minimum atomic E-state index is -0.267. The molecule has 1 aromatic carbocycles. The van der Waals surface area contributed by atoms with Gasteiger partial charge in [-0.05, 0) is 49.9 Å². The molecule has 126 valence electrons. The van der Waals surface area contributed by atoms with Crippen LogP contribution in [-0.4, -0.2) is 22.0 Å². The Bertz CT molecular complexity index is 688. The monoisotopic (exact) mass is 327 g/mol.